The van der Waals surface area contributed by atoms with Crippen LogP contribution in [-0.4, -0.2) is 29.0 Å². The zero-order chi connectivity index (χ0) is 22.4. The Morgan fingerprint density at radius 1 is 0.667 bits per heavy atom. The van der Waals surface area contributed by atoms with Gasteiger partial charge in [0.15, 0.2) is 0 Å². The van der Waals surface area contributed by atoms with Crippen LogP contribution < -0.4 is 0 Å². The van der Waals surface area contributed by atoms with E-state index in [1.807, 2.05) is 13.8 Å². The van der Waals surface area contributed by atoms with Gasteiger partial charge in [-0.05, 0) is 51.0 Å². The highest BCUT2D eigenvalue weighted by molar-refractivity contribution is 7.87. The van der Waals surface area contributed by atoms with E-state index in [9.17, 15) is 16.8 Å². The Kier molecular flexibility index (Phi) is 8.21. The fourth-order valence-electron chi connectivity index (χ4n) is 2.40. The van der Waals surface area contributed by atoms with E-state index in [0.717, 1.165) is 11.1 Å². The Balaban J connectivity index is 2.15. The highest BCUT2D eigenvalue weighted by atomic mass is 32.2. The minimum atomic E-state index is -3.99. The van der Waals surface area contributed by atoms with Crippen LogP contribution in [-0.2, 0) is 28.6 Å². The monoisotopic (exact) mass is 450 g/mol. The second-order valence-electron chi connectivity index (χ2n) is 6.81. The molecule has 6 nitrogen and oxygen atoms in total. The van der Waals surface area contributed by atoms with Crippen LogP contribution >= 0.6 is 0 Å². The van der Waals surface area contributed by atoms with Gasteiger partial charge >= 0.3 is 0 Å². The maximum atomic E-state index is 12.5. The minimum Gasteiger partial charge on any atom is -0.250 e. The van der Waals surface area contributed by atoms with Crippen LogP contribution in [0.4, 0.5) is 0 Å². The first-order valence-electron chi connectivity index (χ1n) is 9.58. The van der Waals surface area contributed by atoms with Crippen LogP contribution in [0.5, 0.6) is 0 Å². The first-order valence-corrected chi connectivity index (χ1v) is 12.4. The molecule has 0 aromatic heterocycles. The number of rotatable bonds is 8. The molecule has 2 atom stereocenters. The quantitative estimate of drug-likeness (QED) is 0.447. The highest BCUT2D eigenvalue weighted by Gasteiger charge is 2.22. The van der Waals surface area contributed by atoms with Crippen molar-refractivity contribution in [3.63, 3.8) is 0 Å². The molecule has 0 aliphatic rings. The van der Waals surface area contributed by atoms with Gasteiger partial charge in [-0.15, -0.1) is 0 Å². The molecule has 8 heteroatoms. The van der Waals surface area contributed by atoms with Crippen LogP contribution in [0.25, 0.3) is 0 Å². The van der Waals surface area contributed by atoms with Crippen LogP contribution in [0.1, 0.15) is 37.8 Å². The van der Waals surface area contributed by atoms with Gasteiger partial charge in [-0.25, -0.2) is 8.37 Å². The first-order chi connectivity index (χ1) is 14.1. The summed E-state index contributed by atoms with van der Waals surface area (Å²) >= 11 is 0. The molecule has 0 N–H and O–H groups in total. The smallest absolute Gasteiger partial charge is 0.250 e. The highest BCUT2D eigenvalue weighted by Crippen LogP contribution is 2.18. The summed E-state index contributed by atoms with van der Waals surface area (Å²) in [5.41, 5.74) is 1.86. The molecule has 0 spiro atoms. The van der Waals surface area contributed by atoms with Gasteiger partial charge in [-0.3, -0.25) is 0 Å². The summed E-state index contributed by atoms with van der Waals surface area (Å²) in [6, 6.07) is 12.6. The lowest BCUT2D eigenvalue weighted by atomic mass is 10.2. The van der Waals surface area contributed by atoms with Crippen molar-refractivity contribution < 1.29 is 25.2 Å². The predicted octanol–water partition coefficient (Wildman–Crippen LogP) is 3.97. The third kappa shape index (κ3) is 6.67. The van der Waals surface area contributed by atoms with Gasteiger partial charge in [0.2, 0.25) is 0 Å². The number of aryl methyl sites for hydroxylation is 2. The summed E-state index contributed by atoms with van der Waals surface area (Å²) in [6.45, 7) is 7.17. The summed E-state index contributed by atoms with van der Waals surface area (Å²) in [6.07, 6.45) is -1.23. The molecule has 162 valence electrons. The minimum absolute atomic E-state index is 0.0404. The van der Waals surface area contributed by atoms with E-state index in [1.54, 1.807) is 38.1 Å². The largest absolute Gasteiger partial charge is 0.298 e. The summed E-state index contributed by atoms with van der Waals surface area (Å²) in [5.74, 6) is 5.40. The van der Waals surface area contributed by atoms with Crippen molar-refractivity contribution in [3.05, 3.63) is 59.7 Å². The average molecular weight is 451 g/mol. The van der Waals surface area contributed by atoms with Crippen molar-refractivity contribution in [3.8, 4) is 11.8 Å². The molecule has 2 aromatic carbocycles. The molecule has 0 saturated heterocycles. The molecule has 0 heterocycles. The normalized spacial score (nSPS) is 13.9. The van der Waals surface area contributed by atoms with Crippen molar-refractivity contribution in [2.75, 3.05) is 0 Å². The van der Waals surface area contributed by atoms with Crippen molar-refractivity contribution in [2.45, 2.75) is 62.5 Å². The van der Waals surface area contributed by atoms with E-state index < -0.39 is 32.4 Å². The Morgan fingerprint density at radius 2 is 0.967 bits per heavy atom. The second-order valence-corrected chi connectivity index (χ2v) is 9.95. The van der Waals surface area contributed by atoms with Crippen molar-refractivity contribution >= 4 is 20.2 Å². The van der Waals surface area contributed by atoms with Crippen LogP contribution in [0.2, 0.25) is 0 Å². The lowest BCUT2D eigenvalue weighted by molar-refractivity contribution is 0.250. The Morgan fingerprint density at radius 3 is 1.23 bits per heavy atom. The van der Waals surface area contributed by atoms with Crippen LogP contribution in [0, 0.1) is 25.7 Å². The molecule has 0 aliphatic heterocycles. The van der Waals surface area contributed by atoms with Crippen LogP contribution in [0.3, 0.4) is 0 Å². The topological polar surface area (TPSA) is 86.7 Å². The summed E-state index contributed by atoms with van der Waals surface area (Å²) in [5, 5.41) is 0. The molecule has 2 aromatic rings. The van der Waals surface area contributed by atoms with Crippen LogP contribution in [0.15, 0.2) is 58.3 Å². The SMILES string of the molecule is CC[C@@H](C#C[C@@H](CC)OS(=O)(=O)c1ccc(C)cc1)OS(=O)(=O)c1ccc(C)cc1. The van der Waals surface area contributed by atoms with Gasteiger partial charge in [0.05, 0.1) is 9.79 Å². The maximum Gasteiger partial charge on any atom is 0.298 e. The van der Waals surface area contributed by atoms with E-state index in [1.165, 1.54) is 24.3 Å². The summed E-state index contributed by atoms with van der Waals surface area (Å²) in [4.78, 5) is 0.0807. The molecular weight excluding hydrogens is 424 g/mol. The molecule has 2 rings (SSSR count). The van der Waals surface area contributed by atoms with Gasteiger partial charge in [-0.2, -0.15) is 16.8 Å². The number of benzene rings is 2. The van der Waals surface area contributed by atoms with E-state index in [0.29, 0.717) is 12.8 Å². The van der Waals surface area contributed by atoms with E-state index in [-0.39, 0.29) is 9.79 Å². The molecule has 0 amide bonds. The molecule has 30 heavy (non-hydrogen) atoms. The molecule has 0 unspecified atom stereocenters. The third-order valence-corrected chi connectivity index (χ3v) is 6.92. The molecule has 0 fully saturated rings. The van der Waals surface area contributed by atoms with Gasteiger partial charge in [0.1, 0.15) is 12.2 Å². The Hall–Kier alpha value is -2.18. The summed E-state index contributed by atoms with van der Waals surface area (Å²) < 4.78 is 60.3. The van der Waals surface area contributed by atoms with Crippen molar-refractivity contribution in [1.82, 2.24) is 0 Å². The summed E-state index contributed by atoms with van der Waals surface area (Å²) in [7, 11) is -7.97. The van der Waals surface area contributed by atoms with Gasteiger partial charge in [0, 0.05) is 0 Å². The first kappa shape index (κ1) is 24.1. The van der Waals surface area contributed by atoms with E-state index >= 15 is 0 Å². The molecule has 0 bridgehead atoms. The second kappa shape index (κ2) is 10.2. The third-order valence-electron chi connectivity index (χ3n) is 4.25. The predicted molar refractivity (Wildman–Crippen MR) is 115 cm³/mol. The zero-order valence-corrected chi connectivity index (χ0v) is 19.1. The van der Waals surface area contributed by atoms with Gasteiger partial charge in [0.25, 0.3) is 20.2 Å². The number of hydrogen-bond donors (Lipinski definition) is 0. The van der Waals surface area contributed by atoms with Gasteiger partial charge < -0.3 is 0 Å². The standard InChI is InChI=1S/C22H26O6S2/c1-5-19(27-29(23,24)21-13-7-17(3)8-14-21)11-12-20(6-2)28-30(25,26)22-15-9-18(4)10-16-22/h7-10,13-16,19-20H,5-6H2,1-4H3/t19-,20+. The lowest BCUT2D eigenvalue weighted by Gasteiger charge is -2.13. The number of hydrogen-bond acceptors (Lipinski definition) is 6. The van der Waals surface area contributed by atoms with E-state index in [2.05, 4.69) is 11.8 Å². The molecule has 0 aliphatic carbocycles. The molecular formula is C22H26O6S2. The fourth-order valence-corrected chi connectivity index (χ4v) is 4.54. The van der Waals surface area contributed by atoms with Crippen molar-refractivity contribution in [2.24, 2.45) is 0 Å². The zero-order valence-electron chi connectivity index (χ0n) is 17.5. The molecule has 0 saturated carbocycles. The lowest BCUT2D eigenvalue weighted by Crippen LogP contribution is -2.19. The molecule has 0 radical (unpaired) electrons. The average Bonchev–Trinajstić information content (AvgIpc) is 2.70. The Labute approximate surface area is 179 Å². The fraction of sp³-hybridized carbons (Fsp3) is 0.364. The maximum absolute atomic E-state index is 12.5. The van der Waals surface area contributed by atoms with E-state index in [4.69, 9.17) is 8.37 Å². The van der Waals surface area contributed by atoms with Gasteiger partial charge in [-0.1, -0.05) is 61.1 Å². The Bertz CT molecular complexity index is 1020. The van der Waals surface area contributed by atoms with Crippen molar-refractivity contribution in [1.29, 1.82) is 0 Å².